The number of hydrogen-bond donors (Lipinski definition) is 2. The Morgan fingerprint density at radius 1 is 1.29 bits per heavy atom. The molecule has 11 heteroatoms. The molecule has 0 aliphatic carbocycles. The molecule has 1 unspecified atom stereocenters. The molecule has 1 aliphatic heterocycles. The van der Waals surface area contributed by atoms with E-state index in [0.29, 0.717) is 16.9 Å². The minimum absolute atomic E-state index is 0.183. The van der Waals surface area contributed by atoms with Crippen LogP contribution in [0.25, 0.3) is 10.4 Å². The van der Waals surface area contributed by atoms with E-state index < -0.39 is 16.7 Å². The highest BCUT2D eigenvalue weighted by Gasteiger charge is 2.23. The highest BCUT2D eigenvalue weighted by atomic mass is 32.2. The molecule has 1 fully saturated rings. The van der Waals surface area contributed by atoms with Gasteiger partial charge in [0.05, 0.1) is 12.2 Å². The van der Waals surface area contributed by atoms with Gasteiger partial charge in [0, 0.05) is 29.3 Å². The van der Waals surface area contributed by atoms with Crippen molar-refractivity contribution < 1.29 is 13.7 Å². The molecule has 0 saturated carbocycles. The number of carbonyl (C=O) groups is 1. The lowest BCUT2D eigenvalue weighted by Gasteiger charge is -2.23. The number of anilines is 3. The minimum atomic E-state index is -1.82. The zero-order chi connectivity index (χ0) is 24.6. The molecule has 186 valence electrons. The van der Waals surface area contributed by atoms with Gasteiger partial charge in [0.15, 0.2) is 0 Å². The molecule has 4 rings (SSSR count). The number of carbonyl (C=O) groups excluding carboxylic acids is 1. The fourth-order valence-electron chi connectivity index (χ4n) is 4.00. The lowest BCUT2D eigenvalue weighted by Crippen LogP contribution is -2.34. The third-order valence-electron chi connectivity index (χ3n) is 5.72. The number of nitrogens with one attached hydrogen (secondary N) is 2. The van der Waals surface area contributed by atoms with Crippen molar-refractivity contribution in [2.75, 3.05) is 36.9 Å². The van der Waals surface area contributed by atoms with Crippen molar-refractivity contribution in [3.05, 3.63) is 48.0 Å². The fourth-order valence-corrected chi connectivity index (χ4v) is 5.40. The predicted octanol–water partition coefficient (Wildman–Crippen LogP) is 5.51. The van der Waals surface area contributed by atoms with Crippen LogP contribution in [0.4, 0.5) is 22.2 Å². The number of thiophene rings is 1. The van der Waals surface area contributed by atoms with Gasteiger partial charge in [-0.15, -0.1) is 21.9 Å². The predicted molar refractivity (Wildman–Crippen MR) is 140 cm³/mol. The molecule has 3 heterocycles. The summed E-state index contributed by atoms with van der Waals surface area (Å²) in [7, 11) is -1.82. The molecule has 1 atom stereocenters. The molecule has 0 radical (unpaired) electrons. The molecule has 0 bridgehead atoms. The molecular formula is C24H29N6O3S2-. The van der Waals surface area contributed by atoms with Crippen LogP contribution in [0.2, 0.25) is 0 Å². The molecule has 3 aromatic rings. The molecule has 9 nitrogen and oxygen atoms in total. The van der Waals surface area contributed by atoms with Crippen LogP contribution in [0.1, 0.15) is 26.7 Å². The van der Waals surface area contributed by atoms with Gasteiger partial charge in [-0.3, -0.25) is 9.26 Å². The number of hydrogen-bond acceptors (Lipinski definition) is 10. The zero-order valence-electron chi connectivity index (χ0n) is 19.8. The average molecular weight is 514 g/mol. The third kappa shape index (κ3) is 6.56. The molecule has 1 aromatic carbocycles. The van der Waals surface area contributed by atoms with Gasteiger partial charge in [-0.05, 0) is 56.4 Å². The first kappa shape index (κ1) is 25.1. The number of rotatable bonds is 9. The summed E-state index contributed by atoms with van der Waals surface area (Å²) in [4.78, 5) is 24.7. The average Bonchev–Trinajstić information content (AvgIpc) is 3.55. The summed E-state index contributed by atoms with van der Waals surface area (Å²) >= 11 is 1.65. The molecular weight excluding hydrogens is 484 g/mol. The van der Waals surface area contributed by atoms with Crippen molar-refractivity contribution >= 4 is 45.5 Å². The number of amides is 1. The second kappa shape index (κ2) is 12.1. The van der Waals surface area contributed by atoms with Gasteiger partial charge in [-0.1, -0.05) is 30.0 Å². The summed E-state index contributed by atoms with van der Waals surface area (Å²) in [6.45, 7) is 7.07. The number of aromatic nitrogens is 2. The van der Waals surface area contributed by atoms with Crippen LogP contribution in [-0.4, -0.2) is 53.2 Å². The van der Waals surface area contributed by atoms with E-state index in [-0.39, 0.29) is 6.61 Å². The van der Waals surface area contributed by atoms with Crippen molar-refractivity contribution in [2.45, 2.75) is 37.6 Å². The highest BCUT2D eigenvalue weighted by Crippen LogP contribution is 2.31. The molecule has 2 N–H and O–H groups in total. The summed E-state index contributed by atoms with van der Waals surface area (Å²) in [5, 5.41) is 8.81. The second-order valence-corrected chi connectivity index (χ2v) is 10.0. The van der Waals surface area contributed by atoms with E-state index in [1.54, 1.807) is 42.5 Å². The van der Waals surface area contributed by atoms with Crippen LogP contribution < -0.4 is 10.6 Å². The van der Waals surface area contributed by atoms with Gasteiger partial charge < -0.3 is 19.6 Å². The van der Waals surface area contributed by atoms with Crippen LogP contribution in [0.5, 0.6) is 0 Å². The first-order valence-electron chi connectivity index (χ1n) is 11.6. The van der Waals surface area contributed by atoms with Gasteiger partial charge in [0.2, 0.25) is 5.95 Å². The lowest BCUT2D eigenvalue weighted by atomic mass is 10.2. The highest BCUT2D eigenvalue weighted by molar-refractivity contribution is 7.75. The Balaban J connectivity index is 1.50. The zero-order valence-corrected chi connectivity index (χ0v) is 21.4. The van der Waals surface area contributed by atoms with Gasteiger partial charge >= 0.3 is 6.09 Å². The van der Waals surface area contributed by atoms with E-state index in [0.717, 1.165) is 41.6 Å². The van der Waals surface area contributed by atoms with Crippen molar-refractivity contribution in [1.82, 2.24) is 14.9 Å². The van der Waals surface area contributed by atoms with E-state index in [9.17, 15) is 9.00 Å². The van der Waals surface area contributed by atoms with Gasteiger partial charge in [-0.25, -0.2) is 9.78 Å². The number of nitrogens with zero attached hydrogens (tertiary/aromatic N) is 4. The topological polar surface area (TPSA) is 109 Å². The van der Waals surface area contributed by atoms with E-state index in [4.69, 9.17) is 9.72 Å². The summed E-state index contributed by atoms with van der Waals surface area (Å²) in [6, 6.07) is 11.3. The van der Waals surface area contributed by atoms with Crippen LogP contribution in [-0.2, 0) is 19.5 Å². The van der Waals surface area contributed by atoms with E-state index in [1.807, 2.05) is 17.6 Å². The summed E-state index contributed by atoms with van der Waals surface area (Å²) in [5.74, 6) is 1.25. The number of likely N-dealkylation sites (N-methyl/N-ethyl adjacent to an activating group) is 1. The van der Waals surface area contributed by atoms with Crippen molar-refractivity contribution in [2.24, 2.45) is 4.36 Å². The Hall–Kier alpha value is -3.02. The maximum atomic E-state index is 12.2. The number of likely N-dealkylation sites (tertiary alicyclic amines) is 1. The minimum Gasteiger partial charge on any atom is -0.450 e. The van der Waals surface area contributed by atoms with E-state index in [1.165, 1.54) is 12.8 Å². The Kier molecular flexibility index (Phi) is 8.67. The van der Waals surface area contributed by atoms with Crippen molar-refractivity contribution in [3.63, 3.8) is 0 Å². The summed E-state index contributed by atoms with van der Waals surface area (Å²) in [6.07, 6.45) is 3.40. The molecule has 2 aromatic heterocycles. The number of ether oxygens (including phenoxy) is 1. The monoisotopic (exact) mass is 513 g/mol. The molecule has 1 saturated heterocycles. The quantitative estimate of drug-likeness (QED) is 0.361. The second-order valence-electron chi connectivity index (χ2n) is 7.93. The molecule has 35 heavy (non-hydrogen) atoms. The SMILES string of the molecule is CCOC(=O)N=[S-](=O)c1ccc(Nc2ncc(-c3cccs3)c(NCC3CCCN3CC)n2)cc1. The Bertz CT molecular complexity index is 1210. The maximum absolute atomic E-state index is 12.2. The largest absolute Gasteiger partial charge is 0.450 e. The van der Waals surface area contributed by atoms with Gasteiger partial charge in [0.25, 0.3) is 0 Å². The van der Waals surface area contributed by atoms with Crippen molar-refractivity contribution in [1.29, 1.82) is 0 Å². The molecule has 0 spiro atoms. The fraction of sp³-hybridized carbons (Fsp3) is 0.375. The van der Waals surface area contributed by atoms with Crippen LogP contribution in [0.15, 0.2) is 57.2 Å². The Morgan fingerprint density at radius 3 is 2.83 bits per heavy atom. The standard InChI is InChI=1S/C24H29N6O3S2/c1-3-30-13-5-7-18(30)15-25-22-20(21-8-6-14-34-21)16-26-23(28-22)27-17-9-11-19(12-10-17)35(32)29-24(31)33-4-2/h6,8-12,14,16,18H,3-5,7,13,15H2,1-2H3,(H2,25,26,27,28)/q-1. The first-order chi connectivity index (χ1) is 17.1. The van der Waals surface area contributed by atoms with E-state index in [2.05, 4.69) is 37.9 Å². The summed E-state index contributed by atoms with van der Waals surface area (Å²) in [5.41, 5.74) is 1.70. The number of benzene rings is 1. The Labute approximate surface area is 211 Å². The van der Waals surface area contributed by atoms with Crippen LogP contribution >= 0.6 is 11.3 Å². The van der Waals surface area contributed by atoms with Gasteiger partial charge in [0.1, 0.15) is 5.82 Å². The lowest BCUT2D eigenvalue weighted by molar-refractivity contribution is 0.164. The smallest absolute Gasteiger partial charge is 0.410 e. The van der Waals surface area contributed by atoms with Crippen molar-refractivity contribution in [3.8, 4) is 10.4 Å². The normalized spacial score (nSPS) is 16.8. The maximum Gasteiger partial charge on any atom is 0.410 e. The van der Waals surface area contributed by atoms with Crippen LogP contribution in [0.3, 0.4) is 0 Å². The first-order valence-corrected chi connectivity index (χ1v) is 13.6. The van der Waals surface area contributed by atoms with Gasteiger partial charge in [-0.2, -0.15) is 4.98 Å². The van der Waals surface area contributed by atoms with Crippen LogP contribution in [0, 0.1) is 0 Å². The Morgan fingerprint density at radius 2 is 2.11 bits per heavy atom. The summed E-state index contributed by atoms with van der Waals surface area (Å²) < 4.78 is 20.4. The third-order valence-corrected chi connectivity index (χ3v) is 7.62. The molecule has 1 amide bonds. The van der Waals surface area contributed by atoms with E-state index >= 15 is 0 Å². The molecule has 1 aliphatic rings.